The predicted octanol–water partition coefficient (Wildman–Crippen LogP) is 7.15. The van der Waals surface area contributed by atoms with E-state index in [1.165, 1.54) is 36.4 Å². The normalized spacial score (nSPS) is 13.0. The molecule has 0 aliphatic rings. The van der Waals surface area contributed by atoms with Gasteiger partial charge in [-0.1, -0.05) is 0 Å². The number of aromatic nitrogens is 2. The molecule has 0 aliphatic carbocycles. The van der Waals surface area contributed by atoms with Gasteiger partial charge in [-0.25, -0.2) is 9.97 Å². The van der Waals surface area contributed by atoms with Gasteiger partial charge in [-0.2, -0.15) is 36.9 Å². The summed E-state index contributed by atoms with van der Waals surface area (Å²) in [4.78, 5) is 8.01. The minimum atomic E-state index is -5.05. The van der Waals surface area contributed by atoms with Crippen LogP contribution >= 0.6 is 22.7 Å². The Morgan fingerprint density at radius 3 is 1.51 bits per heavy atom. The number of nitrogens with zero attached hydrogens (tertiary/aromatic N) is 4. The predicted molar refractivity (Wildman–Crippen MR) is 124 cm³/mol. The van der Waals surface area contributed by atoms with Gasteiger partial charge in [0.1, 0.15) is 10.0 Å². The fraction of sp³-hybridized carbons (Fsp3) is 0.130. The molecule has 4 rings (SSSR count). The zero-order chi connectivity index (χ0) is 26.8. The lowest BCUT2D eigenvalue weighted by Crippen LogP contribution is -2.19. The van der Waals surface area contributed by atoms with Crippen LogP contribution in [0.5, 0.6) is 0 Å². The number of halogens is 6. The molecule has 0 spiro atoms. The third-order valence-electron chi connectivity index (χ3n) is 4.56. The highest BCUT2D eigenvalue weighted by Crippen LogP contribution is 2.34. The zero-order valence-electron chi connectivity index (χ0n) is 18.0. The molecule has 2 aromatic carbocycles. The molecule has 0 N–H and O–H groups in total. The Bertz CT molecular complexity index is 1500. The van der Waals surface area contributed by atoms with E-state index in [-0.39, 0.29) is 21.1 Å². The summed E-state index contributed by atoms with van der Waals surface area (Å²) in [5, 5.41) is 17.6. The Labute approximate surface area is 211 Å². The Morgan fingerprint density at radius 1 is 0.757 bits per heavy atom. The van der Waals surface area contributed by atoms with Gasteiger partial charge in [0.2, 0.25) is 18.3 Å². The summed E-state index contributed by atoms with van der Waals surface area (Å²) in [5.74, 6) is -3.23. The number of nitriles is 2. The molecule has 2 heterocycles. The van der Waals surface area contributed by atoms with Gasteiger partial charge in [-0.05, 0) is 36.4 Å². The van der Waals surface area contributed by atoms with E-state index in [9.17, 15) is 26.3 Å². The summed E-state index contributed by atoms with van der Waals surface area (Å²) < 4.78 is 90.9. The first-order valence-corrected chi connectivity index (χ1v) is 11.5. The molecule has 37 heavy (non-hydrogen) atoms. The van der Waals surface area contributed by atoms with Gasteiger partial charge in [0.05, 0.1) is 43.7 Å². The number of hydrogen-bond donors (Lipinski definition) is 0. The second kappa shape index (κ2) is 10.1. The van der Waals surface area contributed by atoms with Gasteiger partial charge >= 0.3 is 12.4 Å². The van der Waals surface area contributed by atoms with E-state index in [0.29, 0.717) is 32.6 Å². The highest BCUT2D eigenvalue weighted by molar-refractivity contribution is 7.19. The number of alkyl halides is 6. The first-order valence-electron chi connectivity index (χ1n) is 9.91. The van der Waals surface area contributed by atoms with Crippen molar-refractivity contribution in [2.45, 2.75) is 12.4 Å². The van der Waals surface area contributed by atoms with Crippen LogP contribution in [-0.4, -0.2) is 29.1 Å². The molecule has 4 aromatic rings. The lowest BCUT2D eigenvalue weighted by atomic mass is 10.2. The summed E-state index contributed by atoms with van der Waals surface area (Å²) in [5.41, 5.74) is 1.26. The van der Waals surface area contributed by atoms with Gasteiger partial charge in [0.15, 0.2) is 0 Å². The molecule has 0 radical (unpaired) electrons. The zero-order valence-corrected chi connectivity index (χ0v) is 19.6. The van der Waals surface area contributed by atoms with E-state index in [2.05, 4.69) is 19.4 Å². The van der Waals surface area contributed by atoms with E-state index in [1.807, 2.05) is 12.1 Å². The molecule has 0 bridgehead atoms. The van der Waals surface area contributed by atoms with Crippen LogP contribution in [-0.2, 0) is 9.47 Å². The fourth-order valence-corrected chi connectivity index (χ4v) is 4.82. The SMILES string of the molecule is N#Cc1ccc2nc(/C=C(\OCO/C(=C\c3nc4ccc(C#N)cc4s3)C(F)(F)F)C(F)(F)F)sc2c1. The van der Waals surface area contributed by atoms with Crippen LogP contribution in [0.15, 0.2) is 47.9 Å². The van der Waals surface area contributed by atoms with Crippen LogP contribution in [0.1, 0.15) is 21.1 Å². The van der Waals surface area contributed by atoms with E-state index in [4.69, 9.17) is 10.5 Å². The fourth-order valence-electron chi connectivity index (χ4n) is 2.94. The van der Waals surface area contributed by atoms with Crippen molar-refractivity contribution >= 4 is 55.3 Å². The van der Waals surface area contributed by atoms with Crippen molar-refractivity contribution in [1.82, 2.24) is 9.97 Å². The molecule has 0 saturated heterocycles. The van der Waals surface area contributed by atoms with Gasteiger partial charge < -0.3 is 9.47 Å². The molecule has 0 unspecified atom stereocenters. The summed E-state index contributed by atoms with van der Waals surface area (Å²) in [6, 6.07) is 12.5. The van der Waals surface area contributed by atoms with Gasteiger partial charge in [-0.15, -0.1) is 22.7 Å². The van der Waals surface area contributed by atoms with Crippen LogP contribution in [0, 0.1) is 22.7 Å². The topological polar surface area (TPSA) is 91.8 Å². The summed E-state index contributed by atoms with van der Waals surface area (Å²) in [6.07, 6.45) is -9.02. The lowest BCUT2D eigenvalue weighted by Gasteiger charge is -2.16. The standard InChI is InChI=1S/C23H10F6N4O2S2/c24-22(25,26)18(7-20-32-14-3-1-12(9-30)5-16(14)36-20)34-11-35-19(23(27,28)29)8-21-33-15-4-2-13(10-31)6-17(15)37-21/h1-8H,11H2/b18-7-,19-8-. The Morgan fingerprint density at radius 2 is 1.16 bits per heavy atom. The number of rotatable bonds is 6. The molecule has 6 nitrogen and oxygen atoms in total. The molecule has 0 aliphatic heterocycles. The largest absolute Gasteiger partial charge is 0.452 e. The molecule has 14 heteroatoms. The molecular formula is C23H10F6N4O2S2. The van der Waals surface area contributed by atoms with Gasteiger partial charge in [-0.3, -0.25) is 0 Å². The smallest absolute Gasteiger partial charge is 0.449 e. The average molecular weight is 552 g/mol. The quantitative estimate of drug-likeness (QED) is 0.143. The highest BCUT2D eigenvalue weighted by atomic mass is 32.1. The van der Waals surface area contributed by atoms with Crippen molar-refractivity contribution in [3.63, 3.8) is 0 Å². The van der Waals surface area contributed by atoms with Crippen LogP contribution in [0.2, 0.25) is 0 Å². The molecular weight excluding hydrogens is 542 g/mol. The van der Waals surface area contributed by atoms with Crippen molar-refractivity contribution in [3.05, 3.63) is 69.1 Å². The van der Waals surface area contributed by atoms with Crippen molar-refractivity contribution in [2.75, 3.05) is 6.79 Å². The number of ether oxygens (including phenoxy) is 2. The first kappa shape index (κ1) is 25.9. The Kier molecular flexibility index (Phi) is 7.07. The van der Waals surface area contributed by atoms with Gasteiger partial charge in [0, 0.05) is 12.2 Å². The van der Waals surface area contributed by atoms with Crippen LogP contribution in [0.4, 0.5) is 26.3 Å². The molecule has 0 amide bonds. The second-order valence-electron chi connectivity index (χ2n) is 7.11. The van der Waals surface area contributed by atoms with Gasteiger partial charge in [0.25, 0.3) is 0 Å². The van der Waals surface area contributed by atoms with E-state index in [0.717, 1.165) is 22.7 Å². The van der Waals surface area contributed by atoms with E-state index < -0.39 is 30.7 Å². The number of allylic oxidation sites excluding steroid dienone is 2. The van der Waals surface area contributed by atoms with Crippen molar-refractivity contribution in [3.8, 4) is 12.1 Å². The molecule has 2 aromatic heterocycles. The summed E-state index contributed by atoms with van der Waals surface area (Å²) in [6.45, 7) is -1.40. The van der Waals surface area contributed by atoms with E-state index >= 15 is 0 Å². The van der Waals surface area contributed by atoms with Crippen molar-refractivity contribution < 1.29 is 35.8 Å². The molecule has 0 saturated carbocycles. The van der Waals surface area contributed by atoms with Crippen LogP contribution < -0.4 is 0 Å². The maximum absolute atomic E-state index is 13.5. The monoisotopic (exact) mass is 552 g/mol. The Balaban J connectivity index is 1.55. The third kappa shape index (κ3) is 6.17. The Hall–Kier alpha value is -4.14. The van der Waals surface area contributed by atoms with Crippen LogP contribution in [0.3, 0.4) is 0 Å². The summed E-state index contributed by atoms with van der Waals surface area (Å²) >= 11 is 1.69. The number of fused-ring (bicyclic) bond motifs is 2. The van der Waals surface area contributed by atoms with Crippen molar-refractivity contribution in [2.24, 2.45) is 0 Å². The average Bonchev–Trinajstić information content (AvgIpc) is 3.43. The first-order chi connectivity index (χ1) is 17.5. The minimum absolute atomic E-state index is 0.129. The molecule has 0 atom stereocenters. The van der Waals surface area contributed by atoms with Crippen molar-refractivity contribution in [1.29, 1.82) is 10.5 Å². The third-order valence-corrected chi connectivity index (χ3v) is 6.50. The lowest BCUT2D eigenvalue weighted by molar-refractivity contribution is -0.168. The molecule has 188 valence electrons. The van der Waals surface area contributed by atoms with Crippen LogP contribution in [0.25, 0.3) is 32.6 Å². The number of hydrogen-bond acceptors (Lipinski definition) is 8. The number of thiazole rings is 2. The van der Waals surface area contributed by atoms with E-state index in [1.54, 1.807) is 0 Å². The second-order valence-corrected chi connectivity index (χ2v) is 9.24. The summed E-state index contributed by atoms with van der Waals surface area (Å²) in [7, 11) is 0. The highest BCUT2D eigenvalue weighted by Gasteiger charge is 2.39. The molecule has 0 fully saturated rings. The maximum atomic E-state index is 13.5. The minimum Gasteiger partial charge on any atom is -0.452 e. The number of benzene rings is 2. The maximum Gasteiger partial charge on any atom is 0.449 e.